The van der Waals surface area contributed by atoms with Crippen LogP contribution >= 0.6 is 0 Å². The number of imide groups is 1. The van der Waals surface area contributed by atoms with Gasteiger partial charge in [0.05, 0.1) is 23.6 Å². The second kappa shape index (κ2) is 8.57. The number of hydrogen-bond donors (Lipinski definition) is 1. The predicted molar refractivity (Wildman–Crippen MR) is 124 cm³/mol. The molecule has 9 heteroatoms. The number of carboxylic acids is 1. The summed E-state index contributed by atoms with van der Waals surface area (Å²) < 4.78 is 5.02. The molecule has 2 aliphatic heterocycles. The first-order chi connectivity index (χ1) is 16.1. The van der Waals surface area contributed by atoms with Crippen LogP contribution in [-0.2, 0) is 23.9 Å². The molecule has 2 aromatic carbocycles. The standard InChI is InChI=1S/C25H27N3O6/c1-25(24(32)33)20-19(22(30)27(23(20)31)17-8-6-5-7-9-17)21(28(25)18(29)14-34-4)15-10-12-16(13-11-15)26(2)3/h5-13,19-21H,14H2,1-4H3,(H,32,33). The number of para-hydroxylation sites is 1. The molecule has 34 heavy (non-hydrogen) atoms. The first-order valence-corrected chi connectivity index (χ1v) is 10.9. The maximum absolute atomic E-state index is 13.7. The van der Waals surface area contributed by atoms with E-state index in [1.165, 1.54) is 14.0 Å². The van der Waals surface area contributed by atoms with E-state index in [1.54, 1.807) is 42.5 Å². The molecule has 2 fully saturated rings. The summed E-state index contributed by atoms with van der Waals surface area (Å²) in [5, 5.41) is 10.3. The minimum Gasteiger partial charge on any atom is -0.479 e. The first kappa shape index (κ1) is 23.4. The summed E-state index contributed by atoms with van der Waals surface area (Å²) in [6, 6.07) is 14.7. The Hall–Kier alpha value is -3.72. The van der Waals surface area contributed by atoms with E-state index in [2.05, 4.69) is 0 Å². The third kappa shape index (κ3) is 3.35. The average Bonchev–Trinajstić information content (AvgIpc) is 3.24. The Balaban J connectivity index is 1.91. The Morgan fingerprint density at radius 3 is 2.18 bits per heavy atom. The molecular formula is C25H27N3O6. The minimum absolute atomic E-state index is 0.371. The minimum atomic E-state index is -1.94. The molecule has 4 unspecified atom stereocenters. The number of fused-ring (bicyclic) bond motifs is 1. The van der Waals surface area contributed by atoms with Gasteiger partial charge in [0.2, 0.25) is 17.7 Å². The third-order valence-electron chi connectivity index (χ3n) is 6.81. The average molecular weight is 466 g/mol. The van der Waals surface area contributed by atoms with Crippen LogP contribution in [0, 0.1) is 11.8 Å². The highest BCUT2D eigenvalue weighted by molar-refractivity contribution is 6.24. The summed E-state index contributed by atoms with van der Waals surface area (Å²) in [7, 11) is 5.10. The zero-order chi connectivity index (χ0) is 24.8. The highest BCUT2D eigenvalue weighted by Gasteiger charge is 2.71. The van der Waals surface area contributed by atoms with Crippen molar-refractivity contribution in [2.45, 2.75) is 18.5 Å². The van der Waals surface area contributed by atoms with Crippen LogP contribution in [-0.4, -0.2) is 67.0 Å². The number of carboxylic acid groups (broad SMARTS) is 1. The normalized spacial score (nSPS) is 26.1. The molecule has 0 bridgehead atoms. The van der Waals surface area contributed by atoms with Crippen molar-refractivity contribution >= 4 is 35.1 Å². The largest absolute Gasteiger partial charge is 0.479 e. The summed E-state index contributed by atoms with van der Waals surface area (Å²) in [6.45, 7) is 0.966. The molecular weight excluding hydrogens is 438 g/mol. The van der Waals surface area contributed by atoms with Crippen LogP contribution in [0.1, 0.15) is 18.5 Å². The monoisotopic (exact) mass is 465 g/mol. The predicted octanol–water partition coefficient (Wildman–Crippen LogP) is 1.93. The number of carbonyl (C=O) groups is 4. The number of anilines is 2. The highest BCUT2D eigenvalue weighted by atomic mass is 16.5. The van der Waals surface area contributed by atoms with E-state index in [4.69, 9.17) is 4.74 Å². The van der Waals surface area contributed by atoms with Gasteiger partial charge in [-0.05, 0) is 36.8 Å². The quantitative estimate of drug-likeness (QED) is 0.650. The number of benzene rings is 2. The summed E-state index contributed by atoms with van der Waals surface area (Å²) >= 11 is 0. The molecule has 0 spiro atoms. The van der Waals surface area contributed by atoms with Gasteiger partial charge in [-0.1, -0.05) is 30.3 Å². The maximum atomic E-state index is 13.7. The molecule has 178 valence electrons. The van der Waals surface area contributed by atoms with Crippen molar-refractivity contribution in [3.05, 3.63) is 60.2 Å². The van der Waals surface area contributed by atoms with Crippen molar-refractivity contribution in [3.63, 3.8) is 0 Å². The number of aliphatic carboxylic acids is 1. The van der Waals surface area contributed by atoms with Crippen molar-refractivity contribution in [2.75, 3.05) is 37.6 Å². The second-order valence-corrected chi connectivity index (χ2v) is 8.93. The van der Waals surface area contributed by atoms with Gasteiger partial charge >= 0.3 is 5.97 Å². The molecule has 2 heterocycles. The zero-order valence-corrected chi connectivity index (χ0v) is 19.5. The first-order valence-electron chi connectivity index (χ1n) is 10.9. The molecule has 4 atom stereocenters. The molecule has 9 nitrogen and oxygen atoms in total. The van der Waals surface area contributed by atoms with E-state index < -0.39 is 47.1 Å². The van der Waals surface area contributed by atoms with Gasteiger partial charge in [0, 0.05) is 26.9 Å². The zero-order valence-electron chi connectivity index (χ0n) is 19.5. The van der Waals surface area contributed by atoms with Crippen molar-refractivity contribution in [1.29, 1.82) is 0 Å². The summed E-state index contributed by atoms with van der Waals surface area (Å²) in [4.78, 5) is 57.4. The number of methoxy groups -OCH3 is 1. The lowest BCUT2D eigenvalue weighted by atomic mass is 9.80. The van der Waals surface area contributed by atoms with Crippen molar-refractivity contribution in [3.8, 4) is 0 Å². The van der Waals surface area contributed by atoms with E-state index in [1.807, 2.05) is 31.1 Å². The second-order valence-electron chi connectivity index (χ2n) is 8.93. The van der Waals surface area contributed by atoms with Crippen LogP contribution in [0.4, 0.5) is 11.4 Å². The van der Waals surface area contributed by atoms with Crippen LogP contribution < -0.4 is 9.80 Å². The van der Waals surface area contributed by atoms with E-state index in [-0.39, 0.29) is 6.61 Å². The van der Waals surface area contributed by atoms with Gasteiger partial charge in [0.15, 0.2) is 5.54 Å². The lowest BCUT2D eigenvalue weighted by Gasteiger charge is -2.38. The Morgan fingerprint density at radius 1 is 1.03 bits per heavy atom. The van der Waals surface area contributed by atoms with Crippen molar-refractivity contribution in [2.24, 2.45) is 11.8 Å². The molecule has 0 saturated carbocycles. The highest BCUT2D eigenvalue weighted by Crippen LogP contribution is 2.55. The summed E-state index contributed by atoms with van der Waals surface area (Å²) in [5.41, 5.74) is -0.0995. The van der Waals surface area contributed by atoms with Crippen LogP contribution in [0.25, 0.3) is 0 Å². The van der Waals surface area contributed by atoms with Crippen molar-refractivity contribution < 1.29 is 29.0 Å². The number of rotatable bonds is 6. The van der Waals surface area contributed by atoms with Gasteiger partial charge in [-0.15, -0.1) is 0 Å². The fraction of sp³-hybridized carbons (Fsp3) is 0.360. The fourth-order valence-electron chi connectivity index (χ4n) is 5.20. The molecule has 2 aliphatic rings. The topological polar surface area (TPSA) is 107 Å². The van der Waals surface area contributed by atoms with Gasteiger partial charge in [0.25, 0.3) is 0 Å². The van der Waals surface area contributed by atoms with Gasteiger partial charge in [-0.2, -0.15) is 0 Å². The van der Waals surface area contributed by atoms with Gasteiger partial charge in [-0.25, -0.2) is 9.69 Å². The number of amides is 3. The van der Waals surface area contributed by atoms with E-state index in [9.17, 15) is 24.3 Å². The molecule has 1 N–H and O–H groups in total. The molecule has 2 saturated heterocycles. The van der Waals surface area contributed by atoms with Gasteiger partial charge in [-0.3, -0.25) is 14.4 Å². The van der Waals surface area contributed by atoms with E-state index >= 15 is 0 Å². The lowest BCUT2D eigenvalue weighted by molar-refractivity contribution is -0.162. The van der Waals surface area contributed by atoms with E-state index in [0.717, 1.165) is 15.5 Å². The molecule has 2 aromatic rings. The molecule has 0 aliphatic carbocycles. The Kier molecular flexibility index (Phi) is 5.91. The van der Waals surface area contributed by atoms with Crippen LogP contribution in [0.15, 0.2) is 54.6 Å². The Morgan fingerprint density at radius 2 is 1.65 bits per heavy atom. The fourth-order valence-corrected chi connectivity index (χ4v) is 5.20. The van der Waals surface area contributed by atoms with Crippen molar-refractivity contribution in [1.82, 2.24) is 4.90 Å². The third-order valence-corrected chi connectivity index (χ3v) is 6.81. The number of likely N-dealkylation sites (tertiary alicyclic amines) is 1. The Labute approximate surface area is 197 Å². The van der Waals surface area contributed by atoms with Gasteiger partial charge in [0.1, 0.15) is 6.61 Å². The SMILES string of the molecule is COCC(=O)N1C(c2ccc(N(C)C)cc2)C2C(=O)N(c3ccccc3)C(=O)C2C1(C)C(=O)O. The summed E-state index contributed by atoms with van der Waals surface area (Å²) in [6.07, 6.45) is 0. The molecule has 0 radical (unpaired) electrons. The lowest BCUT2D eigenvalue weighted by Crippen LogP contribution is -2.58. The number of ether oxygens (including phenoxy) is 1. The smallest absolute Gasteiger partial charge is 0.330 e. The number of hydrogen-bond acceptors (Lipinski definition) is 6. The maximum Gasteiger partial charge on any atom is 0.330 e. The van der Waals surface area contributed by atoms with Crippen LogP contribution in [0.2, 0.25) is 0 Å². The van der Waals surface area contributed by atoms with Crippen LogP contribution in [0.3, 0.4) is 0 Å². The Bertz CT molecular complexity index is 1130. The summed E-state index contributed by atoms with van der Waals surface area (Å²) in [5.74, 6) is -5.42. The van der Waals surface area contributed by atoms with Crippen LogP contribution in [0.5, 0.6) is 0 Å². The number of nitrogens with zero attached hydrogens (tertiary/aromatic N) is 3. The van der Waals surface area contributed by atoms with Gasteiger partial charge < -0.3 is 19.6 Å². The number of carbonyl (C=O) groups excluding carboxylic acids is 3. The molecule has 4 rings (SSSR count). The molecule has 0 aromatic heterocycles. The molecule has 3 amide bonds. The van der Waals surface area contributed by atoms with E-state index in [0.29, 0.717) is 11.3 Å².